The Hall–Kier alpha value is -2.84. The molecule has 1 N–H and O–H groups in total. The van der Waals surface area contributed by atoms with Gasteiger partial charge in [0, 0.05) is 5.56 Å². The van der Waals surface area contributed by atoms with E-state index >= 15 is 0 Å². The molecule has 1 heterocycles. The SMILES string of the molecule is C[C@@H]1CCCC[C@]12NC(=O)N(CC(=O)OCC(=O)c1ccc(F)c(F)c1)C2=O. The molecule has 1 aromatic carbocycles. The molecule has 1 saturated heterocycles. The summed E-state index contributed by atoms with van der Waals surface area (Å²) in [5, 5.41) is 2.71. The third-order valence-corrected chi connectivity index (χ3v) is 5.39. The molecule has 1 aromatic rings. The van der Waals surface area contributed by atoms with Crippen LogP contribution in [0.15, 0.2) is 18.2 Å². The molecule has 150 valence electrons. The highest BCUT2D eigenvalue weighted by Gasteiger charge is 2.55. The summed E-state index contributed by atoms with van der Waals surface area (Å²) in [5.41, 5.74) is -1.14. The van der Waals surface area contributed by atoms with Crippen molar-refractivity contribution in [2.75, 3.05) is 13.2 Å². The number of halogens is 2. The van der Waals surface area contributed by atoms with Crippen LogP contribution in [0.1, 0.15) is 43.0 Å². The van der Waals surface area contributed by atoms with Gasteiger partial charge in [0.15, 0.2) is 24.0 Å². The molecule has 1 saturated carbocycles. The maximum atomic E-state index is 13.2. The average Bonchev–Trinajstić information content (AvgIpc) is 2.89. The summed E-state index contributed by atoms with van der Waals surface area (Å²) in [4.78, 5) is 49.7. The second-order valence-electron chi connectivity index (χ2n) is 7.15. The molecule has 28 heavy (non-hydrogen) atoms. The van der Waals surface area contributed by atoms with E-state index < -0.39 is 54.0 Å². The number of hydrogen-bond donors (Lipinski definition) is 1. The first-order chi connectivity index (χ1) is 13.2. The molecule has 1 aliphatic heterocycles. The van der Waals surface area contributed by atoms with Crippen molar-refractivity contribution in [3.05, 3.63) is 35.4 Å². The van der Waals surface area contributed by atoms with Crippen LogP contribution in [0.3, 0.4) is 0 Å². The number of hydrogen-bond acceptors (Lipinski definition) is 5. The standard InChI is InChI=1S/C19H20F2N2O5/c1-11-4-2-3-7-19(11)17(26)23(18(27)22-19)9-16(25)28-10-15(24)12-5-6-13(20)14(21)8-12/h5-6,8,11H,2-4,7,9-10H2,1H3,(H,22,27)/t11-,19+/m1/s1. The van der Waals surface area contributed by atoms with Gasteiger partial charge in [-0.25, -0.2) is 13.6 Å². The van der Waals surface area contributed by atoms with Crippen molar-refractivity contribution in [3.63, 3.8) is 0 Å². The van der Waals surface area contributed by atoms with E-state index in [1.54, 1.807) is 0 Å². The lowest BCUT2D eigenvalue weighted by Crippen LogP contribution is -2.54. The number of carbonyl (C=O) groups is 4. The monoisotopic (exact) mass is 394 g/mol. The molecule has 2 atom stereocenters. The molecule has 0 aromatic heterocycles. The second kappa shape index (κ2) is 7.65. The zero-order valence-electron chi connectivity index (χ0n) is 15.3. The fourth-order valence-corrected chi connectivity index (χ4v) is 3.71. The number of ketones is 1. The molecule has 2 fully saturated rings. The highest BCUT2D eigenvalue weighted by molar-refractivity contribution is 6.09. The molecular weight excluding hydrogens is 374 g/mol. The topological polar surface area (TPSA) is 92.8 Å². The molecule has 9 heteroatoms. The van der Waals surface area contributed by atoms with E-state index in [-0.39, 0.29) is 11.5 Å². The number of esters is 1. The van der Waals surface area contributed by atoms with Gasteiger partial charge in [-0.05, 0) is 37.0 Å². The molecule has 3 rings (SSSR count). The van der Waals surface area contributed by atoms with Gasteiger partial charge < -0.3 is 10.1 Å². The van der Waals surface area contributed by atoms with E-state index in [0.717, 1.165) is 36.3 Å². The molecule has 0 unspecified atom stereocenters. The van der Waals surface area contributed by atoms with Crippen LogP contribution < -0.4 is 5.32 Å². The molecule has 1 spiro atoms. The van der Waals surface area contributed by atoms with Gasteiger partial charge in [0.1, 0.15) is 12.1 Å². The van der Waals surface area contributed by atoms with Crippen LogP contribution in [0, 0.1) is 17.6 Å². The lowest BCUT2D eigenvalue weighted by Gasteiger charge is -2.36. The Balaban J connectivity index is 1.58. The van der Waals surface area contributed by atoms with Crippen molar-refractivity contribution in [2.24, 2.45) is 5.92 Å². The number of benzene rings is 1. The van der Waals surface area contributed by atoms with E-state index in [4.69, 9.17) is 4.74 Å². The largest absolute Gasteiger partial charge is 0.456 e. The molecule has 0 radical (unpaired) electrons. The van der Waals surface area contributed by atoms with Gasteiger partial charge in [0.25, 0.3) is 5.91 Å². The van der Waals surface area contributed by atoms with Gasteiger partial charge in [0.05, 0.1) is 0 Å². The normalized spacial score (nSPS) is 24.4. The zero-order chi connectivity index (χ0) is 20.5. The Labute approximate surface area is 160 Å². The lowest BCUT2D eigenvalue weighted by atomic mass is 9.73. The van der Waals surface area contributed by atoms with Crippen LogP contribution in [0.25, 0.3) is 0 Å². The number of carbonyl (C=O) groups excluding carboxylic acids is 4. The highest BCUT2D eigenvalue weighted by Crippen LogP contribution is 2.38. The number of urea groups is 1. The maximum Gasteiger partial charge on any atom is 0.326 e. The lowest BCUT2D eigenvalue weighted by molar-refractivity contribution is -0.147. The Bertz CT molecular complexity index is 844. The van der Waals surface area contributed by atoms with Crippen molar-refractivity contribution in [1.82, 2.24) is 10.2 Å². The number of ether oxygens (including phenoxy) is 1. The van der Waals surface area contributed by atoms with Crippen LogP contribution in [0.5, 0.6) is 0 Å². The third-order valence-electron chi connectivity index (χ3n) is 5.39. The summed E-state index contributed by atoms with van der Waals surface area (Å²) in [6, 6.07) is 1.91. The number of amides is 3. The fraction of sp³-hybridized carbons (Fsp3) is 0.474. The second-order valence-corrected chi connectivity index (χ2v) is 7.15. The van der Waals surface area contributed by atoms with E-state index in [2.05, 4.69) is 5.32 Å². The number of rotatable bonds is 5. The first kappa shape index (κ1) is 19.9. The van der Waals surface area contributed by atoms with Crippen LogP contribution in [0.4, 0.5) is 13.6 Å². The molecule has 7 nitrogen and oxygen atoms in total. The van der Waals surface area contributed by atoms with Crippen LogP contribution in [0.2, 0.25) is 0 Å². The Morgan fingerprint density at radius 1 is 1.25 bits per heavy atom. The van der Waals surface area contributed by atoms with Gasteiger partial charge in [-0.1, -0.05) is 19.8 Å². The van der Waals surface area contributed by atoms with Crippen LogP contribution >= 0.6 is 0 Å². The van der Waals surface area contributed by atoms with Crippen molar-refractivity contribution in [3.8, 4) is 0 Å². The summed E-state index contributed by atoms with van der Waals surface area (Å²) >= 11 is 0. The summed E-state index contributed by atoms with van der Waals surface area (Å²) in [5.74, 6) is -4.48. The van der Waals surface area contributed by atoms with E-state index in [0.29, 0.717) is 12.5 Å². The first-order valence-corrected chi connectivity index (χ1v) is 9.02. The number of Topliss-reactive ketones (excluding diaryl/α,β-unsaturated/α-hetero) is 1. The van der Waals surface area contributed by atoms with Crippen molar-refractivity contribution >= 4 is 23.7 Å². The van der Waals surface area contributed by atoms with E-state index in [9.17, 15) is 28.0 Å². The minimum atomic E-state index is -1.19. The summed E-state index contributed by atoms with van der Waals surface area (Å²) in [6.07, 6.45) is 3.09. The first-order valence-electron chi connectivity index (χ1n) is 9.02. The molecule has 1 aliphatic carbocycles. The molecule has 0 bridgehead atoms. The number of nitrogens with zero attached hydrogens (tertiary/aromatic N) is 1. The van der Waals surface area contributed by atoms with E-state index in [1.807, 2.05) is 6.92 Å². The van der Waals surface area contributed by atoms with Crippen LogP contribution in [-0.4, -0.2) is 47.3 Å². The number of nitrogens with one attached hydrogen (secondary N) is 1. The molecular formula is C19H20F2N2O5. The Morgan fingerprint density at radius 3 is 2.68 bits per heavy atom. The summed E-state index contributed by atoms with van der Waals surface area (Å²) < 4.78 is 30.9. The minimum Gasteiger partial charge on any atom is -0.456 e. The van der Waals surface area contributed by atoms with Gasteiger partial charge in [-0.3, -0.25) is 19.3 Å². The zero-order valence-corrected chi connectivity index (χ0v) is 15.3. The van der Waals surface area contributed by atoms with Crippen LogP contribution in [-0.2, 0) is 14.3 Å². The highest BCUT2D eigenvalue weighted by atomic mass is 19.2. The van der Waals surface area contributed by atoms with Crippen molar-refractivity contribution in [2.45, 2.75) is 38.1 Å². The van der Waals surface area contributed by atoms with Gasteiger partial charge in [0.2, 0.25) is 0 Å². The summed E-state index contributed by atoms with van der Waals surface area (Å²) in [6.45, 7) is 0.555. The van der Waals surface area contributed by atoms with E-state index in [1.165, 1.54) is 0 Å². The predicted octanol–water partition coefficient (Wildman–Crippen LogP) is 2.19. The van der Waals surface area contributed by atoms with Gasteiger partial charge >= 0.3 is 12.0 Å². The Kier molecular flexibility index (Phi) is 5.44. The quantitative estimate of drug-likeness (QED) is 0.470. The smallest absolute Gasteiger partial charge is 0.326 e. The molecule has 2 aliphatic rings. The molecule has 3 amide bonds. The van der Waals surface area contributed by atoms with Crippen molar-refractivity contribution in [1.29, 1.82) is 0 Å². The number of imide groups is 1. The van der Waals surface area contributed by atoms with Crippen molar-refractivity contribution < 1.29 is 32.7 Å². The third kappa shape index (κ3) is 3.61. The minimum absolute atomic E-state index is 0.0475. The fourth-order valence-electron chi connectivity index (χ4n) is 3.71. The summed E-state index contributed by atoms with van der Waals surface area (Å²) in [7, 11) is 0. The average molecular weight is 394 g/mol. The maximum absolute atomic E-state index is 13.2. The predicted molar refractivity (Wildman–Crippen MR) is 92.3 cm³/mol. The van der Waals surface area contributed by atoms with Gasteiger partial charge in [-0.2, -0.15) is 0 Å². The van der Waals surface area contributed by atoms with Gasteiger partial charge in [-0.15, -0.1) is 0 Å². The Morgan fingerprint density at radius 2 is 2.00 bits per heavy atom.